The number of rotatable bonds is 6. The molecular weight excluding hydrogens is 817 g/mol. The Morgan fingerprint density at radius 3 is 1.62 bits per heavy atom. The van der Waals surface area contributed by atoms with Crippen molar-refractivity contribution < 1.29 is 22.7 Å². The van der Waals surface area contributed by atoms with E-state index in [1.165, 1.54) is 11.3 Å². The van der Waals surface area contributed by atoms with Gasteiger partial charge in [0.25, 0.3) is 0 Å². The van der Waals surface area contributed by atoms with Crippen LogP contribution in [-0.4, -0.2) is 11.2 Å². The van der Waals surface area contributed by atoms with Gasteiger partial charge in [-0.3, -0.25) is 0 Å². The molecule has 11 rings (SSSR count). The maximum atomic E-state index is 13.8. The molecule has 7 nitrogen and oxygen atoms in total. The van der Waals surface area contributed by atoms with Crippen LogP contribution < -0.4 is 20.7 Å². The monoisotopic (exact) mass is 858 g/mol. The molecule has 0 atom stereocenters. The molecule has 314 valence electrons. The zero-order valence-corrected chi connectivity index (χ0v) is 36.9. The van der Waals surface area contributed by atoms with Gasteiger partial charge < -0.3 is 22.7 Å². The van der Waals surface area contributed by atoms with Crippen LogP contribution in [0.15, 0.2) is 168 Å². The zero-order valence-electron chi connectivity index (χ0n) is 36.1. The fourth-order valence-electron chi connectivity index (χ4n) is 8.78. The second kappa shape index (κ2) is 14.6. The van der Waals surface area contributed by atoms with Crippen LogP contribution in [0.3, 0.4) is 0 Å². The van der Waals surface area contributed by atoms with E-state index in [0.29, 0.717) is 50.7 Å². The summed E-state index contributed by atoms with van der Waals surface area (Å²) in [6.45, 7) is 11.9. The third kappa shape index (κ3) is 7.00. The van der Waals surface area contributed by atoms with E-state index in [-0.39, 0.29) is 0 Å². The van der Waals surface area contributed by atoms with Crippen LogP contribution in [0.1, 0.15) is 41.5 Å². The largest absolute Gasteiger partial charge is 0.488 e. The van der Waals surface area contributed by atoms with Crippen molar-refractivity contribution in [2.75, 3.05) is 0 Å². The molecule has 0 unspecified atom stereocenters. The topological polar surface area (TPSA) is 92.0 Å². The van der Waals surface area contributed by atoms with Gasteiger partial charge in [0, 0.05) is 38.4 Å². The van der Waals surface area contributed by atoms with E-state index in [4.69, 9.17) is 22.7 Å². The number of hydrogen-bond acceptors (Lipinski definition) is 8. The van der Waals surface area contributed by atoms with Gasteiger partial charge in [-0.25, -0.2) is 9.59 Å². The van der Waals surface area contributed by atoms with Crippen LogP contribution in [0.4, 0.5) is 0 Å². The van der Waals surface area contributed by atoms with Crippen LogP contribution in [0.2, 0.25) is 0 Å². The minimum Gasteiger partial charge on any atom is -0.488 e. The molecule has 0 aliphatic carbocycles. The molecular formula is C56H42O7S. The number of ether oxygens (including phenoxy) is 2. The first-order valence-electron chi connectivity index (χ1n) is 21.3. The number of furan rings is 1. The molecule has 7 aromatic carbocycles. The van der Waals surface area contributed by atoms with Crippen LogP contribution in [0, 0.1) is 0 Å². The van der Waals surface area contributed by atoms with Crippen LogP contribution in [0.5, 0.6) is 11.5 Å². The van der Waals surface area contributed by atoms with Gasteiger partial charge in [-0.05, 0) is 145 Å². The summed E-state index contributed by atoms with van der Waals surface area (Å²) in [7, 11) is 0. The maximum Gasteiger partial charge on any atom is 0.347 e. The molecule has 0 fully saturated rings. The van der Waals surface area contributed by atoms with E-state index in [2.05, 4.69) is 60.7 Å². The van der Waals surface area contributed by atoms with Gasteiger partial charge in [0.15, 0.2) is 0 Å². The lowest BCUT2D eigenvalue weighted by atomic mass is 9.90. The average molecular weight is 859 g/mol. The fourth-order valence-corrected chi connectivity index (χ4v) is 9.87. The summed E-state index contributed by atoms with van der Waals surface area (Å²) in [6, 6.07) is 48.2. The lowest BCUT2D eigenvalue weighted by molar-refractivity contribution is 0.122. The molecule has 0 saturated carbocycles. The standard InChI is InChI=1S/C56H42O7S/c1-55(2,3)62-36-28-47-41(48(29-36)63-56(4,5)6)30-43(54(58)61-47)49-21-22-50(64-49)52-39-17-11-9-15-37(39)51(38-16-10-12-18-40(38)52)45-20-19-44(59-45)42-26-35-25-33-23-31-13-7-8-14-32(31)24-34(33)27-46(35)60-53(42)57/h7-30H,1-6H3. The summed E-state index contributed by atoms with van der Waals surface area (Å²) in [5.41, 5.74) is 1.78. The van der Waals surface area contributed by atoms with Crippen LogP contribution in [0.25, 0.3) is 109 Å². The van der Waals surface area contributed by atoms with E-state index in [0.717, 1.165) is 69.4 Å². The second-order valence-electron chi connectivity index (χ2n) is 18.3. The van der Waals surface area contributed by atoms with Gasteiger partial charge in [0.1, 0.15) is 51.0 Å². The Bertz CT molecular complexity index is 3750. The highest BCUT2D eigenvalue weighted by Gasteiger charge is 2.24. The molecule has 0 aliphatic heterocycles. The first-order chi connectivity index (χ1) is 30.7. The van der Waals surface area contributed by atoms with Crippen molar-refractivity contribution in [3.05, 3.63) is 166 Å². The number of hydrogen-bond donors (Lipinski definition) is 0. The molecule has 11 aromatic rings. The SMILES string of the molecule is CC(C)(C)Oc1cc(OC(C)(C)C)c2cc(-c3ccc(-c4c5ccccc5c(-c5ccc(-c6cc7cc8cc9ccccc9cc8cc7oc6=O)o5)c5ccccc45)s3)c(=O)oc2c1. The highest BCUT2D eigenvalue weighted by molar-refractivity contribution is 7.19. The Morgan fingerprint density at radius 1 is 0.422 bits per heavy atom. The van der Waals surface area contributed by atoms with E-state index in [1.807, 2.05) is 120 Å². The molecule has 8 heteroatoms. The Morgan fingerprint density at radius 2 is 0.969 bits per heavy atom. The highest BCUT2D eigenvalue weighted by Crippen LogP contribution is 2.47. The first kappa shape index (κ1) is 39.4. The molecule has 0 amide bonds. The van der Waals surface area contributed by atoms with Gasteiger partial charge >= 0.3 is 11.3 Å². The molecule has 0 bridgehead atoms. The minimum atomic E-state index is -0.511. The Kier molecular flexibility index (Phi) is 8.98. The summed E-state index contributed by atoms with van der Waals surface area (Å²) >= 11 is 1.53. The van der Waals surface area contributed by atoms with Crippen molar-refractivity contribution >= 4 is 76.4 Å². The summed E-state index contributed by atoms with van der Waals surface area (Å²) < 4.78 is 31.2. The molecule has 0 spiro atoms. The molecule has 0 aliphatic rings. The average Bonchev–Trinajstić information content (AvgIpc) is 3.93. The molecule has 64 heavy (non-hydrogen) atoms. The van der Waals surface area contributed by atoms with E-state index in [9.17, 15) is 9.59 Å². The Hall–Kier alpha value is -7.42. The molecule has 4 aromatic heterocycles. The smallest absolute Gasteiger partial charge is 0.347 e. The van der Waals surface area contributed by atoms with E-state index in [1.54, 1.807) is 6.07 Å². The van der Waals surface area contributed by atoms with Crippen molar-refractivity contribution in [1.29, 1.82) is 0 Å². The lowest BCUT2D eigenvalue weighted by Crippen LogP contribution is -2.24. The summed E-state index contributed by atoms with van der Waals surface area (Å²) in [5.74, 6) is 2.18. The first-order valence-corrected chi connectivity index (χ1v) is 22.1. The predicted molar refractivity (Wildman–Crippen MR) is 261 cm³/mol. The molecule has 0 radical (unpaired) electrons. The fraction of sp³-hybridized carbons (Fsp3) is 0.143. The highest BCUT2D eigenvalue weighted by atomic mass is 32.1. The van der Waals surface area contributed by atoms with Crippen molar-refractivity contribution in [2.24, 2.45) is 0 Å². The van der Waals surface area contributed by atoms with Crippen LogP contribution >= 0.6 is 11.3 Å². The predicted octanol–water partition coefficient (Wildman–Crippen LogP) is 15.2. The van der Waals surface area contributed by atoms with Gasteiger partial charge in [-0.15, -0.1) is 11.3 Å². The van der Waals surface area contributed by atoms with E-state index >= 15 is 0 Å². The maximum absolute atomic E-state index is 13.8. The van der Waals surface area contributed by atoms with Crippen molar-refractivity contribution in [1.82, 2.24) is 0 Å². The van der Waals surface area contributed by atoms with Crippen LogP contribution in [-0.2, 0) is 0 Å². The van der Waals surface area contributed by atoms with Gasteiger partial charge in [-0.2, -0.15) is 0 Å². The second-order valence-corrected chi connectivity index (χ2v) is 19.3. The summed E-state index contributed by atoms with van der Waals surface area (Å²) in [6.07, 6.45) is 0. The molecule has 0 N–H and O–H groups in total. The van der Waals surface area contributed by atoms with Gasteiger partial charge in [0.2, 0.25) is 0 Å². The summed E-state index contributed by atoms with van der Waals surface area (Å²) in [4.78, 5) is 29.2. The number of fused-ring (bicyclic) bond motifs is 6. The van der Waals surface area contributed by atoms with Crippen molar-refractivity contribution in [2.45, 2.75) is 52.7 Å². The molecule has 0 saturated heterocycles. The minimum absolute atomic E-state index is 0.351. The van der Waals surface area contributed by atoms with Gasteiger partial charge in [-0.1, -0.05) is 72.8 Å². The number of thiophene rings is 1. The number of benzene rings is 7. The Labute approximate surface area is 371 Å². The summed E-state index contributed by atoms with van der Waals surface area (Å²) in [5, 5.41) is 9.84. The Balaban J connectivity index is 1.01. The third-order valence-electron chi connectivity index (χ3n) is 11.4. The third-order valence-corrected chi connectivity index (χ3v) is 12.5. The molecule has 4 heterocycles. The zero-order chi connectivity index (χ0) is 44.1. The van der Waals surface area contributed by atoms with Crippen molar-refractivity contribution in [3.8, 4) is 55.0 Å². The van der Waals surface area contributed by atoms with Gasteiger partial charge in [0.05, 0.1) is 10.9 Å². The van der Waals surface area contributed by atoms with Crippen molar-refractivity contribution in [3.63, 3.8) is 0 Å². The van der Waals surface area contributed by atoms with E-state index < -0.39 is 22.5 Å². The quantitative estimate of drug-likeness (QED) is 0.121. The normalized spacial score (nSPS) is 12.3. The lowest BCUT2D eigenvalue weighted by Gasteiger charge is -2.25.